The van der Waals surface area contributed by atoms with Gasteiger partial charge in [-0.05, 0) is 97.1 Å². The number of nitrogens with zero attached hydrogens (tertiary/aromatic N) is 1. The SMILES string of the molecule is CCCc1ccc(N)cc1.CCCc1ccc(NC(=O)c2cc(NC(=O)c3ccc(C#N)cc3)ccc2C)cc1. The maximum Gasteiger partial charge on any atom is 0.256 e. The molecular weight excluding hydrogens is 496 g/mol. The number of hydrogen-bond donors (Lipinski definition) is 3. The summed E-state index contributed by atoms with van der Waals surface area (Å²) in [6, 6.07) is 29.5. The molecule has 4 aromatic rings. The molecule has 0 bridgehead atoms. The standard InChI is InChI=1S/C25H23N3O2.C9H13N/c1-3-4-18-8-13-21(14-9-18)27-25(30)23-15-22(12-5-17(23)2)28-24(29)20-10-6-19(16-26)7-11-20;1-2-3-8-4-6-9(10)7-5-8/h5-15H,3-4H2,1-2H3,(H,27,30)(H,28,29);4-7H,2-3,10H2,1H3. The number of rotatable bonds is 8. The molecule has 0 unspecified atom stereocenters. The molecule has 6 heteroatoms. The van der Waals surface area contributed by atoms with Gasteiger partial charge in [-0.15, -0.1) is 0 Å². The number of carbonyl (C=O) groups is 2. The molecular formula is C34H36N4O2. The third kappa shape index (κ3) is 8.85. The fraction of sp³-hybridized carbons (Fsp3) is 0.206. The Bertz CT molecular complexity index is 1450. The molecule has 0 saturated carbocycles. The minimum atomic E-state index is -0.304. The Morgan fingerprint density at radius 3 is 1.80 bits per heavy atom. The second kappa shape index (κ2) is 14.9. The van der Waals surface area contributed by atoms with Crippen molar-refractivity contribution >= 4 is 28.9 Å². The van der Waals surface area contributed by atoms with E-state index >= 15 is 0 Å². The summed E-state index contributed by atoms with van der Waals surface area (Å²) in [6.07, 6.45) is 4.43. The highest BCUT2D eigenvalue weighted by Gasteiger charge is 2.13. The average molecular weight is 533 g/mol. The van der Waals surface area contributed by atoms with E-state index in [1.54, 1.807) is 42.5 Å². The van der Waals surface area contributed by atoms with Crippen LogP contribution in [-0.4, -0.2) is 11.8 Å². The lowest BCUT2D eigenvalue weighted by Gasteiger charge is -2.11. The molecule has 0 aliphatic heterocycles. The Hall–Kier alpha value is -4.89. The Morgan fingerprint density at radius 1 is 0.725 bits per heavy atom. The van der Waals surface area contributed by atoms with E-state index in [9.17, 15) is 9.59 Å². The van der Waals surface area contributed by atoms with E-state index in [1.807, 2.05) is 49.4 Å². The lowest BCUT2D eigenvalue weighted by molar-refractivity contribution is 0.101. The van der Waals surface area contributed by atoms with Crippen LogP contribution in [0.3, 0.4) is 0 Å². The van der Waals surface area contributed by atoms with E-state index < -0.39 is 0 Å². The molecule has 204 valence electrons. The predicted molar refractivity (Wildman–Crippen MR) is 164 cm³/mol. The molecule has 0 atom stereocenters. The van der Waals surface area contributed by atoms with Crippen molar-refractivity contribution in [2.24, 2.45) is 0 Å². The fourth-order valence-corrected chi connectivity index (χ4v) is 4.06. The molecule has 2 amide bonds. The van der Waals surface area contributed by atoms with Gasteiger partial charge in [0.05, 0.1) is 11.6 Å². The van der Waals surface area contributed by atoms with Crippen LogP contribution >= 0.6 is 0 Å². The predicted octanol–water partition coefficient (Wildman–Crippen LogP) is 7.55. The van der Waals surface area contributed by atoms with Gasteiger partial charge < -0.3 is 16.4 Å². The van der Waals surface area contributed by atoms with Crippen LogP contribution in [-0.2, 0) is 12.8 Å². The molecule has 4 aromatic carbocycles. The van der Waals surface area contributed by atoms with Crippen LogP contribution in [0.25, 0.3) is 0 Å². The number of nitrogen functional groups attached to an aromatic ring is 1. The van der Waals surface area contributed by atoms with Gasteiger partial charge in [0, 0.05) is 28.2 Å². The Kier molecular flexibility index (Phi) is 11.0. The number of amides is 2. The van der Waals surface area contributed by atoms with Gasteiger partial charge in [-0.25, -0.2) is 0 Å². The van der Waals surface area contributed by atoms with Gasteiger partial charge in [0.15, 0.2) is 0 Å². The van der Waals surface area contributed by atoms with Gasteiger partial charge in [-0.2, -0.15) is 5.26 Å². The largest absolute Gasteiger partial charge is 0.399 e. The summed E-state index contributed by atoms with van der Waals surface area (Å²) in [5, 5.41) is 14.6. The zero-order chi connectivity index (χ0) is 28.9. The number of carbonyl (C=O) groups excluding carboxylic acids is 2. The molecule has 6 nitrogen and oxygen atoms in total. The zero-order valence-corrected chi connectivity index (χ0v) is 23.3. The molecule has 0 aliphatic carbocycles. The molecule has 0 aliphatic rings. The van der Waals surface area contributed by atoms with Crippen molar-refractivity contribution in [1.29, 1.82) is 5.26 Å². The number of nitriles is 1. The fourth-order valence-electron chi connectivity index (χ4n) is 4.06. The van der Waals surface area contributed by atoms with Crippen LogP contribution in [0.2, 0.25) is 0 Å². The number of nitrogens with two attached hydrogens (primary N) is 1. The summed E-state index contributed by atoms with van der Waals surface area (Å²) >= 11 is 0. The van der Waals surface area contributed by atoms with Crippen LogP contribution in [0.1, 0.15) is 69.7 Å². The van der Waals surface area contributed by atoms with E-state index in [1.165, 1.54) is 17.5 Å². The highest BCUT2D eigenvalue weighted by molar-refractivity contribution is 6.08. The second-order valence-electron chi connectivity index (χ2n) is 9.57. The first-order valence-electron chi connectivity index (χ1n) is 13.5. The number of benzene rings is 4. The van der Waals surface area contributed by atoms with E-state index in [4.69, 9.17) is 11.0 Å². The van der Waals surface area contributed by atoms with Crippen LogP contribution < -0.4 is 16.4 Å². The van der Waals surface area contributed by atoms with Crippen molar-refractivity contribution in [2.75, 3.05) is 16.4 Å². The number of anilines is 3. The van der Waals surface area contributed by atoms with Crippen molar-refractivity contribution in [1.82, 2.24) is 0 Å². The highest BCUT2D eigenvalue weighted by Crippen LogP contribution is 2.19. The molecule has 0 fully saturated rings. The molecule has 4 rings (SSSR count). The third-order valence-electron chi connectivity index (χ3n) is 6.29. The van der Waals surface area contributed by atoms with Crippen molar-refractivity contribution in [3.8, 4) is 6.07 Å². The summed E-state index contributed by atoms with van der Waals surface area (Å²) < 4.78 is 0. The number of aryl methyl sites for hydroxylation is 3. The Balaban J connectivity index is 0.000000371. The maximum absolute atomic E-state index is 12.8. The second-order valence-corrected chi connectivity index (χ2v) is 9.57. The van der Waals surface area contributed by atoms with Gasteiger partial charge in [0.1, 0.15) is 0 Å². The molecule has 40 heavy (non-hydrogen) atoms. The average Bonchev–Trinajstić information content (AvgIpc) is 2.97. The van der Waals surface area contributed by atoms with Crippen molar-refractivity contribution < 1.29 is 9.59 Å². The maximum atomic E-state index is 12.8. The Morgan fingerprint density at radius 2 is 1.25 bits per heavy atom. The Labute approximate surface area is 236 Å². The zero-order valence-electron chi connectivity index (χ0n) is 23.3. The summed E-state index contributed by atoms with van der Waals surface area (Å²) in [7, 11) is 0. The third-order valence-corrected chi connectivity index (χ3v) is 6.29. The van der Waals surface area contributed by atoms with E-state index in [-0.39, 0.29) is 11.8 Å². The van der Waals surface area contributed by atoms with Crippen LogP contribution in [0.4, 0.5) is 17.1 Å². The van der Waals surface area contributed by atoms with Crippen LogP contribution in [0.5, 0.6) is 0 Å². The first kappa shape index (κ1) is 29.7. The first-order valence-corrected chi connectivity index (χ1v) is 13.5. The number of hydrogen-bond acceptors (Lipinski definition) is 4. The van der Waals surface area contributed by atoms with Crippen molar-refractivity contribution in [2.45, 2.75) is 46.5 Å². The minimum absolute atomic E-state index is 0.231. The summed E-state index contributed by atoms with van der Waals surface area (Å²) in [5.41, 5.74) is 12.5. The van der Waals surface area contributed by atoms with Gasteiger partial charge in [0.25, 0.3) is 11.8 Å². The van der Waals surface area contributed by atoms with Gasteiger partial charge in [0.2, 0.25) is 0 Å². The summed E-state index contributed by atoms with van der Waals surface area (Å²) in [4.78, 5) is 25.2. The molecule has 0 heterocycles. The van der Waals surface area contributed by atoms with E-state index in [0.29, 0.717) is 22.4 Å². The van der Waals surface area contributed by atoms with Gasteiger partial charge in [-0.3, -0.25) is 9.59 Å². The molecule has 4 N–H and O–H groups in total. The van der Waals surface area contributed by atoms with E-state index in [2.05, 4.69) is 36.6 Å². The normalized spacial score (nSPS) is 10.1. The molecule has 0 saturated heterocycles. The summed E-state index contributed by atoms with van der Waals surface area (Å²) in [6.45, 7) is 6.16. The molecule has 0 radical (unpaired) electrons. The lowest BCUT2D eigenvalue weighted by Crippen LogP contribution is -2.16. The highest BCUT2D eigenvalue weighted by atomic mass is 16.2. The van der Waals surface area contributed by atoms with Gasteiger partial charge in [-0.1, -0.05) is 57.0 Å². The summed E-state index contributed by atoms with van der Waals surface area (Å²) in [5.74, 6) is -0.536. The van der Waals surface area contributed by atoms with Crippen molar-refractivity contribution in [3.63, 3.8) is 0 Å². The quantitative estimate of drug-likeness (QED) is 0.204. The molecule has 0 spiro atoms. The van der Waals surface area contributed by atoms with Crippen LogP contribution in [0.15, 0.2) is 91.0 Å². The minimum Gasteiger partial charge on any atom is -0.399 e. The smallest absolute Gasteiger partial charge is 0.256 e. The van der Waals surface area contributed by atoms with Gasteiger partial charge >= 0.3 is 0 Å². The number of nitrogens with one attached hydrogen (secondary N) is 2. The van der Waals surface area contributed by atoms with E-state index in [0.717, 1.165) is 36.2 Å². The van der Waals surface area contributed by atoms with Crippen LogP contribution in [0, 0.1) is 18.3 Å². The first-order chi connectivity index (χ1) is 19.3. The monoisotopic (exact) mass is 532 g/mol. The lowest BCUT2D eigenvalue weighted by atomic mass is 10.1. The molecule has 0 aromatic heterocycles. The topological polar surface area (TPSA) is 108 Å². The van der Waals surface area contributed by atoms with Crippen molar-refractivity contribution in [3.05, 3.63) is 124 Å².